The number of hydrogen-bond acceptors (Lipinski definition) is 2. The van der Waals surface area contributed by atoms with Crippen molar-refractivity contribution >= 4 is 6.29 Å². The van der Waals surface area contributed by atoms with Gasteiger partial charge in [0.25, 0.3) is 0 Å². The summed E-state index contributed by atoms with van der Waals surface area (Å²) in [6.07, 6.45) is 1.37. The van der Waals surface area contributed by atoms with Gasteiger partial charge in [-0.1, -0.05) is 6.92 Å². The lowest BCUT2D eigenvalue weighted by atomic mass is 9.91. The molecule has 0 spiro atoms. The monoisotopic (exact) mass is 142 g/mol. The molecular formula is C8H14O2. The quantitative estimate of drug-likeness (QED) is 0.515. The van der Waals surface area contributed by atoms with Crippen molar-refractivity contribution in [2.24, 2.45) is 11.8 Å². The van der Waals surface area contributed by atoms with Crippen LogP contribution in [0, 0.1) is 11.8 Å². The molecule has 1 saturated heterocycles. The molecular weight excluding hydrogens is 128 g/mol. The van der Waals surface area contributed by atoms with E-state index < -0.39 is 0 Å². The maximum atomic E-state index is 10.5. The van der Waals surface area contributed by atoms with Crippen molar-refractivity contribution in [2.75, 3.05) is 0 Å². The van der Waals surface area contributed by atoms with E-state index in [0.29, 0.717) is 5.92 Å². The minimum absolute atomic E-state index is 0.106. The fourth-order valence-electron chi connectivity index (χ4n) is 1.53. The molecule has 10 heavy (non-hydrogen) atoms. The van der Waals surface area contributed by atoms with Crippen molar-refractivity contribution in [2.45, 2.75) is 33.0 Å². The summed E-state index contributed by atoms with van der Waals surface area (Å²) < 4.78 is 5.45. The Morgan fingerprint density at radius 3 is 2.00 bits per heavy atom. The van der Waals surface area contributed by atoms with Crippen molar-refractivity contribution in [1.29, 1.82) is 0 Å². The van der Waals surface area contributed by atoms with E-state index in [0.717, 1.165) is 6.29 Å². The van der Waals surface area contributed by atoms with Crippen LogP contribution in [0.25, 0.3) is 0 Å². The molecule has 1 rings (SSSR count). The van der Waals surface area contributed by atoms with Gasteiger partial charge < -0.3 is 9.53 Å². The number of aldehydes is 1. The molecule has 4 atom stereocenters. The van der Waals surface area contributed by atoms with Crippen molar-refractivity contribution in [1.82, 2.24) is 0 Å². The summed E-state index contributed by atoms with van der Waals surface area (Å²) >= 11 is 0. The second-order valence-electron chi connectivity index (χ2n) is 3.12. The number of rotatable bonds is 1. The molecule has 0 radical (unpaired) electrons. The van der Waals surface area contributed by atoms with E-state index in [1.165, 1.54) is 0 Å². The van der Waals surface area contributed by atoms with E-state index in [2.05, 4.69) is 6.92 Å². The summed E-state index contributed by atoms with van der Waals surface area (Å²) in [5.41, 5.74) is 0. The third-order valence-corrected chi connectivity index (χ3v) is 2.48. The van der Waals surface area contributed by atoms with E-state index >= 15 is 0 Å². The van der Waals surface area contributed by atoms with Crippen LogP contribution in [0.5, 0.6) is 0 Å². The minimum Gasteiger partial charge on any atom is -0.375 e. The zero-order chi connectivity index (χ0) is 7.72. The van der Waals surface area contributed by atoms with Crippen molar-refractivity contribution in [3.63, 3.8) is 0 Å². The van der Waals surface area contributed by atoms with Gasteiger partial charge in [-0.05, 0) is 19.8 Å². The molecule has 58 valence electrons. The van der Waals surface area contributed by atoms with Gasteiger partial charge >= 0.3 is 0 Å². The summed E-state index contributed by atoms with van der Waals surface area (Å²) in [6, 6.07) is 0. The first-order valence-electron chi connectivity index (χ1n) is 3.77. The van der Waals surface area contributed by atoms with E-state index in [1.54, 1.807) is 0 Å². The van der Waals surface area contributed by atoms with Crippen molar-refractivity contribution < 1.29 is 9.53 Å². The Hall–Kier alpha value is -0.370. The van der Waals surface area contributed by atoms with Crippen LogP contribution >= 0.6 is 0 Å². The molecule has 2 nitrogen and oxygen atoms in total. The smallest absolute Gasteiger partial charge is 0.126 e. The molecule has 1 heterocycles. The van der Waals surface area contributed by atoms with Crippen LogP contribution in [-0.2, 0) is 9.53 Å². The van der Waals surface area contributed by atoms with Gasteiger partial charge in [0.05, 0.1) is 12.2 Å². The first-order valence-corrected chi connectivity index (χ1v) is 3.77. The van der Waals surface area contributed by atoms with Crippen LogP contribution in [0.1, 0.15) is 20.8 Å². The predicted molar refractivity (Wildman–Crippen MR) is 38.7 cm³/mol. The molecule has 0 bridgehead atoms. The van der Waals surface area contributed by atoms with Crippen molar-refractivity contribution in [3.8, 4) is 0 Å². The maximum absolute atomic E-state index is 10.5. The Kier molecular flexibility index (Phi) is 2.09. The van der Waals surface area contributed by atoms with Gasteiger partial charge in [0, 0.05) is 5.92 Å². The zero-order valence-electron chi connectivity index (χ0n) is 6.70. The van der Waals surface area contributed by atoms with E-state index in [4.69, 9.17) is 4.74 Å². The summed E-state index contributed by atoms with van der Waals surface area (Å²) in [7, 11) is 0. The summed E-state index contributed by atoms with van der Waals surface area (Å²) in [5.74, 6) is 0.488. The Morgan fingerprint density at radius 2 is 1.80 bits per heavy atom. The van der Waals surface area contributed by atoms with E-state index in [1.807, 2.05) is 13.8 Å². The molecule has 0 amide bonds. The maximum Gasteiger partial charge on any atom is 0.126 e. The number of carbonyl (C=O) groups is 1. The molecule has 0 aromatic carbocycles. The molecule has 1 fully saturated rings. The van der Waals surface area contributed by atoms with E-state index in [-0.39, 0.29) is 18.1 Å². The third kappa shape index (κ3) is 1.08. The Morgan fingerprint density at radius 1 is 1.20 bits per heavy atom. The minimum atomic E-state index is 0.106. The molecule has 1 aliphatic rings. The average molecular weight is 142 g/mol. The van der Waals surface area contributed by atoms with Gasteiger partial charge in [-0.25, -0.2) is 0 Å². The SMILES string of the molecule is C[C@H]1[C@@H](C=O)[C@@H](C)O[C@H]1C. The highest BCUT2D eigenvalue weighted by atomic mass is 16.5. The summed E-state index contributed by atoms with van der Waals surface area (Å²) in [6.45, 7) is 6.04. The molecule has 0 saturated carbocycles. The zero-order valence-corrected chi connectivity index (χ0v) is 6.70. The van der Waals surface area contributed by atoms with Crippen LogP contribution in [-0.4, -0.2) is 18.5 Å². The Labute approximate surface area is 61.6 Å². The molecule has 2 heteroatoms. The summed E-state index contributed by atoms with van der Waals surface area (Å²) in [5, 5.41) is 0. The van der Waals surface area contributed by atoms with Crippen LogP contribution in [0.3, 0.4) is 0 Å². The van der Waals surface area contributed by atoms with Crippen LogP contribution in [0.4, 0.5) is 0 Å². The van der Waals surface area contributed by atoms with Gasteiger partial charge in [-0.15, -0.1) is 0 Å². The fraction of sp³-hybridized carbons (Fsp3) is 0.875. The highest BCUT2D eigenvalue weighted by Crippen LogP contribution is 2.30. The predicted octanol–water partition coefficient (Wildman–Crippen LogP) is 1.24. The summed E-state index contributed by atoms with van der Waals surface area (Å²) in [4.78, 5) is 10.5. The van der Waals surface area contributed by atoms with Crippen LogP contribution < -0.4 is 0 Å². The van der Waals surface area contributed by atoms with E-state index in [9.17, 15) is 4.79 Å². The second-order valence-corrected chi connectivity index (χ2v) is 3.12. The first-order chi connectivity index (χ1) is 4.66. The van der Waals surface area contributed by atoms with Gasteiger partial charge in [0.15, 0.2) is 0 Å². The van der Waals surface area contributed by atoms with Gasteiger partial charge in [0.1, 0.15) is 6.29 Å². The molecule has 1 aliphatic heterocycles. The fourth-order valence-corrected chi connectivity index (χ4v) is 1.53. The van der Waals surface area contributed by atoms with Crippen LogP contribution in [0.15, 0.2) is 0 Å². The Bertz CT molecular complexity index is 133. The molecule has 0 aromatic heterocycles. The van der Waals surface area contributed by atoms with Crippen LogP contribution in [0.2, 0.25) is 0 Å². The molecule has 0 aromatic rings. The standard InChI is InChI=1S/C8H14O2/c1-5-6(2)10-7(3)8(5)4-9/h4-8H,1-3H3/t5-,6+,7-,8-/m1/s1. The van der Waals surface area contributed by atoms with Gasteiger partial charge in [-0.2, -0.15) is 0 Å². The molecule has 0 unspecified atom stereocenters. The normalized spacial score (nSPS) is 47.5. The van der Waals surface area contributed by atoms with Gasteiger partial charge in [-0.3, -0.25) is 0 Å². The van der Waals surface area contributed by atoms with Gasteiger partial charge in [0.2, 0.25) is 0 Å². The van der Waals surface area contributed by atoms with Crippen molar-refractivity contribution in [3.05, 3.63) is 0 Å². The highest BCUT2D eigenvalue weighted by Gasteiger charge is 2.36. The second kappa shape index (κ2) is 2.70. The average Bonchev–Trinajstić information content (AvgIpc) is 2.09. The third-order valence-electron chi connectivity index (χ3n) is 2.48. The Balaban J connectivity index is 2.63. The largest absolute Gasteiger partial charge is 0.375 e. The number of carbonyl (C=O) groups excluding carboxylic acids is 1. The lowest BCUT2D eigenvalue weighted by molar-refractivity contribution is -0.112. The molecule has 0 N–H and O–H groups in total. The topological polar surface area (TPSA) is 26.3 Å². The lowest BCUT2D eigenvalue weighted by Crippen LogP contribution is -2.17. The first kappa shape index (κ1) is 7.73. The number of ether oxygens (including phenoxy) is 1. The molecule has 0 aliphatic carbocycles. The highest BCUT2D eigenvalue weighted by molar-refractivity contribution is 5.55. The lowest BCUT2D eigenvalue weighted by Gasteiger charge is -2.09. The number of hydrogen-bond donors (Lipinski definition) is 0.